The average molecular weight is 242 g/mol. The molecule has 16 heavy (non-hydrogen) atoms. The van der Waals surface area contributed by atoms with Gasteiger partial charge in [0, 0.05) is 24.9 Å². The number of nitrogens with one attached hydrogen (secondary N) is 1. The standard InChI is InChI=1S/C11H16ClN3O/c1-8-6-9(15-10(12)14-8)13-7-11(2-3-11)4-5-16/h6,16H,2-5,7H2,1H3,(H,13,14,15). The average Bonchev–Trinajstić information content (AvgIpc) is 2.95. The quantitative estimate of drug-likeness (QED) is 0.775. The Hall–Kier alpha value is -0.870. The van der Waals surface area contributed by atoms with Crippen LogP contribution in [0.3, 0.4) is 0 Å². The lowest BCUT2D eigenvalue weighted by atomic mass is 10.0. The third kappa shape index (κ3) is 2.83. The van der Waals surface area contributed by atoms with Crippen LogP contribution in [0.5, 0.6) is 0 Å². The third-order valence-corrected chi connectivity index (χ3v) is 3.24. The Bertz CT molecular complexity index is 359. The number of aliphatic hydroxyl groups excluding tert-OH is 1. The fourth-order valence-electron chi connectivity index (χ4n) is 1.83. The van der Waals surface area contributed by atoms with Gasteiger partial charge in [0.25, 0.3) is 0 Å². The van der Waals surface area contributed by atoms with E-state index in [-0.39, 0.29) is 17.3 Å². The first-order chi connectivity index (χ1) is 7.63. The number of aromatic nitrogens is 2. The van der Waals surface area contributed by atoms with Gasteiger partial charge >= 0.3 is 0 Å². The Morgan fingerprint density at radius 1 is 1.50 bits per heavy atom. The number of hydrogen-bond acceptors (Lipinski definition) is 4. The van der Waals surface area contributed by atoms with E-state index in [1.54, 1.807) is 0 Å². The number of hydrogen-bond donors (Lipinski definition) is 2. The summed E-state index contributed by atoms with van der Waals surface area (Å²) in [6.07, 6.45) is 3.22. The van der Waals surface area contributed by atoms with E-state index in [9.17, 15) is 0 Å². The summed E-state index contributed by atoms with van der Waals surface area (Å²) >= 11 is 5.77. The number of aliphatic hydroxyl groups is 1. The number of aryl methyl sites for hydroxylation is 1. The molecule has 1 aromatic rings. The SMILES string of the molecule is Cc1cc(NCC2(CCO)CC2)nc(Cl)n1. The van der Waals surface area contributed by atoms with Crippen LogP contribution in [0.2, 0.25) is 5.28 Å². The highest BCUT2D eigenvalue weighted by Gasteiger charge is 2.41. The van der Waals surface area contributed by atoms with Crippen LogP contribution < -0.4 is 5.32 Å². The molecule has 1 aliphatic carbocycles. The highest BCUT2D eigenvalue weighted by Crippen LogP contribution is 2.48. The van der Waals surface area contributed by atoms with Crippen molar-refractivity contribution in [2.24, 2.45) is 5.41 Å². The minimum Gasteiger partial charge on any atom is -0.396 e. The summed E-state index contributed by atoms with van der Waals surface area (Å²) < 4.78 is 0. The van der Waals surface area contributed by atoms with Gasteiger partial charge in [-0.2, -0.15) is 0 Å². The molecule has 88 valence electrons. The van der Waals surface area contributed by atoms with Gasteiger partial charge in [-0.05, 0) is 43.2 Å². The van der Waals surface area contributed by atoms with Crippen molar-refractivity contribution in [3.05, 3.63) is 17.0 Å². The first-order valence-corrected chi connectivity index (χ1v) is 5.87. The maximum absolute atomic E-state index is 8.95. The minimum atomic E-state index is 0.255. The molecule has 2 N–H and O–H groups in total. The highest BCUT2D eigenvalue weighted by molar-refractivity contribution is 6.28. The maximum atomic E-state index is 8.95. The first kappa shape index (κ1) is 11.6. The predicted molar refractivity (Wildman–Crippen MR) is 63.6 cm³/mol. The van der Waals surface area contributed by atoms with Crippen LogP contribution >= 0.6 is 11.6 Å². The molecule has 0 spiro atoms. The van der Waals surface area contributed by atoms with Crippen molar-refractivity contribution in [1.82, 2.24) is 9.97 Å². The fraction of sp³-hybridized carbons (Fsp3) is 0.636. The lowest BCUT2D eigenvalue weighted by Gasteiger charge is -2.15. The Labute approximate surface area is 100 Å². The summed E-state index contributed by atoms with van der Waals surface area (Å²) in [6, 6.07) is 1.88. The Morgan fingerprint density at radius 2 is 2.25 bits per heavy atom. The Morgan fingerprint density at radius 3 is 2.81 bits per heavy atom. The van der Waals surface area contributed by atoms with E-state index in [2.05, 4.69) is 15.3 Å². The maximum Gasteiger partial charge on any atom is 0.224 e. The monoisotopic (exact) mass is 241 g/mol. The number of rotatable bonds is 5. The fourth-order valence-corrected chi connectivity index (χ4v) is 2.05. The van der Waals surface area contributed by atoms with Gasteiger partial charge in [0.05, 0.1) is 0 Å². The number of halogens is 1. The van der Waals surface area contributed by atoms with E-state index in [0.29, 0.717) is 0 Å². The van der Waals surface area contributed by atoms with E-state index in [1.807, 2.05) is 13.0 Å². The molecule has 2 rings (SSSR count). The molecule has 0 aliphatic heterocycles. The molecular formula is C11H16ClN3O. The van der Waals surface area contributed by atoms with Crippen molar-refractivity contribution in [3.63, 3.8) is 0 Å². The van der Waals surface area contributed by atoms with Crippen molar-refractivity contribution in [2.45, 2.75) is 26.2 Å². The van der Waals surface area contributed by atoms with Crippen LogP contribution in [0.15, 0.2) is 6.07 Å². The molecule has 5 heteroatoms. The summed E-state index contributed by atoms with van der Waals surface area (Å²) in [5.41, 5.74) is 1.13. The van der Waals surface area contributed by atoms with Crippen molar-refractivity contribution in [2.75, 3.05) is 18.5 Å². The molecule has 0 radical (unpaired) electrons. The van der Waals surface area contributed by atoms with Crippen LogP contribution in [-0.4, -0.2) is 28.2 Å². The summed E-state index contributed by atoms with van der Waals surface area (Å²) in [4.78, 5) is 8.11. The molecule has 0 aromatic carbocycles. The second-order valence-corrected chi connectivity index (χ2v) is 4.83. The van der Waals surface area contributed by atoms with E-state index in [4.69, 9.17) is 16.7 Å². The van der Waals surface area contributed by atoms with Crippen LogP contribution in [0, 0.1) is 12.3 Å². The van der Waals surface area contributed by atoms with Gasteiger partial charge in [-0.3, -0.25) is 0 Å². The van der Waals surface area contributed by atoms with E-state index < -0.39 is 0 Å². The summed E-state index contributed by atoms with van der Waals surface area (Å²) in [5, 5.41) is 12.5. The van der Waals surface area contributed by atoms with Crippen molar-refractivity contribution < 1.29 is 5.11 Å². The second-order valence-electron chi connectivity index (χ2n) is 4.49. The second kappa shape index (κ2) is 4.55. The molecule has 0 amide bonds. The minimum absolute atomic E-state index is 0.255. The molecular weight excluding hydrogens is 226 g/mol. The van der Waals surface area contributed by atoms with E-state index in [0.717, 1.165) is 24.5 Å². The predicted octanol–water partition coefficient (Wildman–Crippen LogP) is 2.01. The summed E-state index contributed by atoms with van der Waals surface area (Å²) in [7, 11) is 0. The molecule has 1 saturated carbocycles. The van der Waals surface area contributed by atoms with Gasteiger partial charge < -0.3 is 10.4 Å². The zero-order valence-electron chi connectivity index (χ0n) is 9.33. The molecule has 1 aliphatic rings. The lowest BCUT2D eigenvalue weighted by Crippen LogP contribution is -2.17. The zero-order valence-corrected chi connectivity index (χ0v) is 10.1. The number of anilines is 1. The molecule has 0 atom stereocenters. The molecule has 0 saturated heterocycles. The van der Waals surface area contributed by atoms with Crippen LogP contribution in [-0.2, 0) is 0 Å². The largest absolute Gasteiger partial charge is 0.396 e. The number of nitrogens with zero attached hydrogens (tertiary/aromatic N) is 2. The van der Waals surface area contributed by atoms with Crippen molar-refractivity contribution in [1.29, 1.82) is 0 Å². The normalized spacial score (nSPS) is 17.2. The summed E-state index contributed by atoms with van der Waals surface area (Å²) in [6.45, 7) is 2.99. The highest BCUT2D eigenvalue weighted by atomic mass is 35.5. The van der Waals surface area contributed by atoms with Gasteiger partial charge in [0.1, 0.15) is 5.82 Å². The van der Waals surface area contributed by atoms with E-state index >= 15 is 0 Å². The van der Waals surface area contributed by atoms with Gasteiger partial charge in [0.15, 0.2) is 0 Å². The van der Waals surface area contributed by atoms with Crippen molar-refractivity contribution >= 4 is 17.4 Å². The Kier molecular flexibility index (Phi) is 3.30. The van der Waals surface area contributed by atoms with Crippen LogP contribution in [0.25, 0.3) is 0 Å². The van der Waals surface area contributed by atoms with Crippen LogP contribution in [0.1, 0.15) is 25.0 Å². The molecule has 0 unspecified atom stereocenters. The molecule has 0 bridgehead atoms. The third-order valence-electron chi connectivity index (χ3n) is 3.07. The zero-order chi connectivity index (χ0) is 11.6. The summed E-state index contributed by atoms with van der Waals surface area (Å²) in [5.74, 6) is 0.765. The van der Waals surface area contributed by atoms with Gasteiger partial charge in [-0.15, -0.1) is 0 Å². The lowest BCUT2D eigenvalue weighted by molar-refractivity contribution is 0.253. The van der Waals surface area contributed by atoms with Gasteiger partial charge in [-0.1, -0.05) is 0 Å². The smallest absolute Gasteiger partial charge is 0.224 e. The van der Waals surface area contributed by atoms with Gasteiger partial charge in [-0.25, -0.2) is 9.97 Å². The molecule has 1 aromatic heterocycles. The topological polar surface area (TPSA) is 58.0 Å². The van der Waals surface area contributed by atoms with E-state index in [1.165, 1.54) is 12.8 Å². The molecule has 1 heterocycles. The first-order valence-electron chi connectivity index (χ1n) is 5.49. The van der Waals surface area contributed by atoms with Crippen LogP contribution in [0.4, 0.5) is 5.82 Å². The molecule has 1 fully saturated rings. The van der Waals surface area contributed by atoms with Crippen molar-refractivity contribution in [3.8, 4) is 0 Å². The molecule has 4 nitrogen and oxygen atoms in total. The van der Waals surface area contributed by atoms with Gasteiger partial charge in [0.2, 0.25) is 5.28 Å². The Balaban J connectivity index is 1.94.